The van der Waals surface area contributed by atoms with E-state index in [0.29, 0.717) is 11.5 Å². The van der Waals surface area contributed by atoms with Gasteiger partial charge in [0, 0.05) is 14.1 Å². The van der Waals surface area contributed by atoms with Gasteiger partial charge in [0.1, 0.15) is 6.04 Å². The van der Waals surface area contributed by atoms with Gasteiger partial charge in [-0.05, 0) is 11.8 Å². The average molecular weight is 315 g/mol. The summed E-state index contributed by atoms with van der Waals surface area (Å²) < 4.78 is 0. The third-order valence-electron chi connectivity index (χ3n) is 3.38. The fourth-order valence-electron chi connectivity index (χ4n) is 2.09. The van der Waals surface area contributed by atoms with Gasteiger partial charge in [-0.1, -0.05) is 34.1 Å². The number of hydrogen-bond acceptors (Lipinski definition) is 4. The Morgan fingerprint density at radius 2 is 1.82 bits per heavy atom. The van der Waals surface area contributed by atoms with Crippen LogP contribution in [0.3, 0.4) is 0 Å². The van der Waals surface area contributed by atoms with Crippen molar-refractivity contribution < 1.29 is 19.6 Å². The summed E-state index contributed by atoms with van der Waals surface area (Å²) in [5, 5.41) is 12.5. The van der Waals surface area contributed by atoms with Crippen LogP contribution in [-0.2, 0) is 14.4 Å². The van der Waals surface area contributed by atoms with Gasteiger partial charge in [-0.3, -0.25) is 19.6 Å². The molecule has 0 saturated carbocycles. The van der Waals surface area contributed by atoms with E-state index in [-0.39, 0.29) is 24.8 Å². The summed E-state index contributed by atoms with van der Waals surface area (Å²) >= 11 is 0. The summed E-state index contributed by atoms with van der Waals surface area (Å²) in [6, 6.07) is -0.669. The van der Waals surface area contributed by atoms with Crippen molar-refractivity contribution >= 4 is 18.2 Å². The molecule has 1 unspecified atom stereocenters. The Morgan fingerprint density at radius 3 is 2.18 bits per heavy atom. The first-order chi connectivity index (χ1) is 10.0. The van der Waals surface area contributed by atoms with Crippen LogP contribution in [0.25, 0.3) is 0 Å². The minimum Gasteiger partial charge on any atom is -0.347 e. The fourth-order valence-corrected chi connectivity index (χ4v) is 2.09. The molecule has 0 aliphatic heterocycles. The molecule has 128 valence electrons. The largest absolute Gasteiger partial charge is 0.347 e. The standard InChI is InChI=1S/C15H29N3O4/c1-7-8-11(9-18(22)10-19)13(20)16-12(15(2,3)4)14(21)17(5)6/h10-12,22H,7-9H2,1-6H3,(H,16,20)/t11?,12-/m1/s1. The number of nitrogens with zero attached hydrogens (tertiary/aromatic N) is 2. The van der Waals surface area contributed by atoms with Crippen molar-refractivity contribution in [3.05, 3.63) is 0 Å². The van der Waals surface area contributed by atoms with Crippen LogP contribution in [0.5, 0.6) is 0 Å². The minimum atomic E-state index is -0.669. The Morgan fingerprint density at radius 1 is 1.27 bits per heavy atom. The molecule has 7 heteroatoms. The highest BCUT2D eigenvalue weighted by Crippen LogP contribution is 2.21. The molecule has 0 aliphatic rings. The molecule has 7 nitrogen and oxygen atoms in total. The van der Waals surface area contributed by atoms with E-state index in [1.807, 2.05) is 27.7 Å². The number of rotatable bonds is 8. The summed E-state index contributed by atoms with van der Waals surface area (Å²) in [6.45, 7) is 7.44. The molecule has 0 saturated heterocycles. The summed E-state index contributed by atoms with van der Waals surface area (Å²) in [6.07, 6.45) is 1.51. The molecule has 3 amide bonds. The predicted octanol–water partition coefficient (Wildman–Crippen LogP) is 0.869. The van der Waals surface area contributed by atoms with E-state index >= 15 is 0 Å². The van der Waals surface area contributed by atoms with Crippen LogP contribution < -0.4 is 5.32 Å². The Labute approximate surface area is 132 Å². The van der Waals surface area contributed by atoms with Crippen LogP contribution in [0.2, 0.25) is 0 Å². The zero-order valence-corrected chi connectivity index (χ0v) is 14.4. The topological polar surface area (TPSA) is 90.0 Å². The fraction of sp³-hybridized carbons (Fsp3) is 0.800. The lowest BCUT2D eigenvalue weighted by atomic mass is 9.85. The zero-order valence-electron chi connectivity index (χ0n) is 14.4. The van der Waals surface area contributed by atoms with Gasteiger partial charge in [-0.15, -0.1) is 0 Å². The molecule has 0 radical (unpaired) electrons. The highest BCUT2D eigenvalue weighted by Gasteiger charge is 2.35. The third-order valence-corrected chi connectivity index (χ3v) is 3.38. The molecule has 0 aromatic heterocycles. The average Bonchev–Trinajstić information content (AvgIpc) is 2.41. The van der Waals surface area contributed by atoms with Crippen LogP contribution in [0.15, 0.2) is 0 Å². The predicted molar refractivity (Wildman–Crippen MR) is 83.0 cm³/mol. The van der Waals surface area contributed by atoms with Crippen LogP contribution >= 0.6 is 0 Å². The number of carbonyl (C=O) groups is 3. The van der Waals surface area contributed by atoms with Crippen LogP contribution in [0.1, 0.15) is 40.5 Å². The number of carbonyl (C=O) groups excluding carboxylic acids is 3. The van der Waals surface area contributed by atoms with E-state index in [9.17, 15) is 19.6 Å². The molecule has 2 atom stereocenters. The van der Waals surface area contributed by atoms with Gasteiger partial charge in [0.25, 0.3) is 0 Å². The monoisotopic (exact) mass is 315 g/mol. The quantitative estimate of drug-likeness (QED) is 0.395. The molecule has 0 bridgehead atoms. The highest BCUT2D eigenvalue weighted by molar-refractivity contribution is 5.89. The van der Waals surface area contributed by atoms with Crippen LogP contribution in [0.4, 0.5) is 0 Å². The molecule has 0 spiro atoms. The summed E-state index contributed by atoms with van der Waals surface area (Å²) in [5.74, 6) is -1.08. The molecule has 0 heterocycles. The first-order valence-electron chi connectivity index (χ1n) is 7.46. The number of amides is 3. The maximum Gasteiger partial charge on any atom is 0.245 e. The van der Waals surface area contributed by atoms with Crippen molar-refractivity contribution in [1.82, 2.24) is 15.3 Å². The lowest BCUT2D eigenvalue weighted by molar-refractivity contribution is -0.155. The van der Waals surface area contributed by atoms with Gasteiger partial charge in [0.15, 0.2) is 0 Å². The number of hydroxylamine groups is 2. The molecule has 0 aromatic rings. The van der Waals surface area contributed by atoms with Crippen molar-refractivity contribution in [2.75, 3.05) is 20.6 Å². The Balaban J connectivity index is 5.11. The van der Waals surface area contributed by atoms with Crippen molar-refractivity contribution in [3.8, 4) is 0 Å². The van der Waals surface area contributed by atoms with Gasteiger partial charge in [-0.25, -0.2) is 5.06 Å². The minimum absolute atomic E-state index is 0.0871. The van der Waals surface area contributed by atoms with Crippen LogP contribution in [0, 0.1) is 11.3 Å². The van der Waals surface area contributed by atoms with Crippen molar-refractivity contribution in [3.63, 3.8) is 0 Å². The molecule has 2 N–H and O–H groups in total. The Bertz CT molecular complexity index is 391. The molecule has 0 fully saturated rings. The van der Waals surface area contributed by atoms with E-state index in [1.165, 1.54) is 4.90 Å². The van der Waals surface area contributed by atoms with E-state index < -0.39 is 17.4 Å². The van der Waals surface area contributed by atoms with Crippen LogP contribution in [-0.4, -0.2) is 60.1 Å². The maximum absolute atomic E-state index is 12.4. The van der Waals surface area contributed by atoms with E-state index in [0.717, 1.165) is 6.42 Å². The van der Waals surface area contributed by atoms with Crippen molar-refractivity contribution in [1.29, 1.82) is 0 Å². The van der Waals surface area contributed by atoms with E-state index in [1.54, 1.807) is 14.1 Å². The number of nitrogens with one attached hydrogen (secondary N) is 1. The summed E-state index contributed by atoms with van der Waals surface area (Å²) in [5.41, 5.74) is -0.447. The van der Waals surface area contributed by atoms with E-state index in [2.05, 4.69) is 5.32 Å². The summed E-state index contributed by atoms with van der Waals surface area (Å²) in [7, 11) is 3.28. The zero-order chi connectivity index (χ0) is 17.5. The Hall–Kier alpha value is -1.63. The summed E-state index contributed by atoms with van der Waals surface area (Å²) in [4.78, 5) is 36.7. The number of likely N-dealkylation sites (N-methyl/N-ethyl adjacent to an activating group) is 1. The molecule has 0 aromatic carbocycles. The van der Waals surface area contributed by atoms with Crippen molar-refractivity contribution in [2.45, 2.75) is 46.6 Å². The second kappa shape index (κ2) is 8.73. The second-order valence-electron chi connectivity index (χ2n) is 6.75. The lowest BCUT2D eigenvalue weighted by Gasteiger charge is -2.33. The highest BCUT2D eigenvalue weighted by atomic mass is 16.5. The Kier molecular flexibility index (Phi) is 8.08. The molecule has 0 aliphatic carbocycles. The first kappa shape index (κ1) is 20.4. The lowest BCUT2D eigenvalue weighted by Crippen LogP contribution is -2.55. The molecular formula is C15H29N3O4. The van der Waals surface area contributed by atoms with E-state index in [4.69, 9.17) is 0 Å². The SMILES string of the molecule is CCCC(CN(O)C=O)C(=O)N[C@H](C(=O)N(C)C)C(C)(C)C. The third kappa shape index (κ3) is 6.43. The van der Waals surface area contributed by atoms with Gasteiger partial charge in [0.05, 0.1) is 12.5 Å². The smallest absolute Gasteiger partial charge is 0.245 e. The second-order valence-corrected chi connectivity index (χ2v) is 6.75. The van der Waals surface area contributed by atoms with Gasteiger partial charge in [-0.2, -0.15) is 0 Å². The van der Waals surface area contributed by atoms with Gasteiger partial charge < -0.3 is 10.2 Å². The molecule has 22 heavy (non-hydrogen) atoms. The molecule has 0 rings (SSSR count). The van der Waals surface area contributed by atoms with Crippen molar-refractivity contribution in [2.24, 2.45) is 11.3 Å². The molecular weight excluding hydrogens is 286 g/mol. The van der Waals surface area contributed by atoms with Gasteiger partial charge in [0.2, 0.25) is 18.2 Å². The normalized spacial score (nSPS) is 14.0. The van der Waals surface area contributed by atoms with Gasteiger partial charge >= 0.3 is 0 Å². The first-order valence-corrected chi connectivity index (χ1v) is 7.46. The maximum atomic E-state index is 12.4. The number of hydrogen-bond donors (Lipinski definition) is 2.